The summed E-state index contributed by atoms with van der Waals surface area (Å²) in [5.74, 6) is 1.56. The molecule has 1 aliphatic rings. The lowest BCUT2D eigenvalue weighted by atomic mass is 10.1. The van der Waals surface area contributed by atoms with E-state index in [4.69, 9.17) is 9.15 Å². The number of hydrogen-bond acceptors (Lipinski definition) is 6. The number of nitriles is 1. The fourth-order valence-corrected chi connectivity index (χ4v) is 3.75. The summed E-state index contributed by atoms with van der Waals surface area (Å²) in [5.41, 5.74) is 2.82. The van der Waals surface area contributed by atoms with Gasteiger partial charge in [0.15, 0.2) is 0 Å². The zero-order chi connectivity index (χ0) is 22.5. The van der Waals surface area contributed by atoms with Crippen molar-refractivity contribution in [2.45, 2.75) is 6.92 Å². The zero-order valence-electron chi connectivity index (χ0n) is 18.1. The van der Waals surface area contributed by atoms with Crippen molar-refractivity contribution in [1.29, 1.82) is 5.26 Å². The van der Waals surface area contributed by atoms with E-state index in [-0.39, 0.29) is 11.6 Å². The molecule has 1 aromatic heterocycles. The SMILES string of the molecule is COc1ccccc1C=Cc1nc(C#N)c(N2CCN(C(=O)c3ccccc3C)CC2)o1. The third kappa shape index (κ3) is 4.35. The number of para-hydroxylation sites is 1. The highest BCUT2D eigenvalue weighted by Crippen LogP contribution is 2.26. The van der Waals surface area contributed by atoms with Gasteiger partial charge in [0.1, 0.15) is 11.8 Å². The number of methoxy groups -OCH3 is 1. The van der Waals surface area contributed by atoms with Crippen LogP contribution in [0.4, 0.5) is 5.88 Å². The van der Waals surface area contributed by atoms with E-state index in [1.165, 1.54) is 0 Å². The number of hydrogen-bond donors (Lipinski definition) is 0. The summed E-state index contributed by atoms with van der Waals surface area (Å²) in [6.45, 7) is 4.17. The first-order valence-corrected chi connectivity index (χ1v) is 10.4. The molecule has 3 aromatic rings. The molecule has 1 aliphatic heterocycles. The molecule has 0 bridgehead atoms. The van der Waals surface area contributed by atoms with Crippen LogP contribution >= 0.6 is 0 Å². The third-order valence-electron chi connectivity index (χ3n) is 5.51. The summed E-state index contributed by atoms with van der Waals surface area (Å²) >= 11 is 0. The molecule has 162 valence electrons. The molecule has 0 saturated carbocycles. The first kappa shape index (κ1) is 21.2. The minimum Gasteiger partial charge on any atom is -0.496 e. The molecule has 4 rings (SSSR count). The van der Waals surface area contributed by atoms with Crippen LogP contribution in [0.2, 0.25) is 0 Å². The number of amides is 1. The molecule has 0 aliphatic carbocycles. The highest BCUT2D eigenvalue weighted by Gasteiger charge is 2.27. The van der Waals surface area contributed by atoms with Crippen LogP contribution < -0.4 is 9.64 Å². The Labute approximate surface area is 187 Å². The maximum Gasteiger partial charge on any atom is 0.254 e. The second kappa shape index (κ2) is 9.40. The number of ether oxygens (including phenoxy) is 1. The summed E-state index contributed by atoms with van der Waals surface area (Å²) in [5, 5.41) is 9.54. The quantitative estimate of drug-likeness (QED) is 0.611. The topological polar surface area (TPSA) is 82.6 Å². The van der Waals surface area contributed by atoms with Crippen LogP contribution in [-0.4, -0.2) is 49.1 Å². The first-order chi connectivity index (χ1) is 15.6. The van der Waals surface area contributed by atoms with Gasteiger partial charge >= 0.3 is 0 Å². The van der Waals surface area contributed by atoms with E-state index in [0.717, 1.165) is 22.4 Å². The first-order valence-electron chi connectivity index (χ1n) is 10.4. The van der Waals surface area contributed by atoms with Gasteiger partial charge in [0.25, 0.3) is 5.91 Å². The predicted octanol–water partition coefficient (Wildman–Crippen LogP) is 4.00. The van der Waals surface area contributed by atoms with Crippen LogP contribution in [0.15, 0.2) is 52.9 Å². The molecule has 1 saturated heterocycles. The standard InChI is InChI=1S/C25H24N4O3/c1-18-7-3-5-9-20(18)24(30)28-13-15-29(16-14-28)25-21(17-26)27-23(32-25)12-11-19-8-4-6-10-22(19)31-2/h3-12H,13-16H2,1-2H3. The Morgan fingerprint density at radius 3 is 2.53 bits per heavy atom. The highest BCUT2D eigenvalue weighted by molar-refractivity contribution is 5.95. The summed E-state index contributed by atoms with van der Waals surface area (Å²) < 4.78 is 11.3. The molecule has 7 heteroatoms. The minimum absolute atomic E-state index is 0.0289. The van der Waals surface area contributed by atoms with Gasteiger partial charge in [-0.05, 0) is 30.7 Å². The van der Waals surface area contributed by atoms with Gasteiger partial charge in [0.05, 0.1) is 7.11 Å². The van der Waals surface area contributed by atoms with Gasteiger partial charge in [-0.2, -0.15) is 10.2 Å². The lowest BCUT2D eigenvalue weighted by molar-refractivity contribution is 0.0744. The Hall–Kier alpha value is -4.05. The molecule has 2 aromatic carbocycles. The number of rotatable bonds is 5. The molecule has 1 fully saturated rings. The molecule has 7 nitrogen and oxygen atoms in total. The molecule has 0 radical (unpaired) electrons. The summed E-state index contributed by atoms with van der Waals surface area (Å²) in [4.78, 5) is 21.0. The number of aryl methyl sites for hydroxylation is 1. The molecule has 2 heterocycles. The van der Waals surface area contributed by atoms with Crippen molar-refractivity contribution >= 4 is 23.9 Å². The highest BCUT2D eigenvalue weighted by atomic mass is 16.5. The van der Waals surface area contributed by atoms with Crippen LogP contribution in [0, 0.1) is 18.3 Å². The zero-order valence-corrected chi connectivity index (χ0v) is 18.1. The molecule has 1 amide bonds. The van der Waals surface area contributed by atoms with Crippen LogP contribution in [0.1, 0.15) is 33.1 Å². The molecular formula is C25H24N4O3. The van der Waals surface area contributed by atoms with Gasteiger partial charge in [-0.25, -0.2) is 0 Å². The minimum atomic E-state index is 0.0289. The molecule has 0 spiro atoms. The van der Waals surface area contributed by atoms with Gasteiger partial charge in [0.2, 0.25) is 17.5 Å². The lowest BCUT2D eigenvalue weighted by Crippen LogP contribution is -2.49. The van der Waals surface area contributed by atoms with E-state index in [1.54, 1.807) is 13.2 Å². The van der Waals surface area contributed by atoms with Crippen LogP contribution in [0.5, 0.6) is 5.75 Å². The van der Waals surface area contributed by atoms with Crippen LogP contribution in [0.3, 0.4) is 0 Å². The molecule has 0 N–H and O–H groups in total. The van der Waals surface area contributed by atoms with Crippen molar-refractivity contribution in [3.05, 3.63) is 76.8 Å². The maximum absolute atomic E-state index is 12.9. The van der Waals surface area contributed by atoms with Gasteiger partial charge in [0, 0.05) is 43.4 Å². The number of anilines is 1. The second-order valence-corrected chi connectivity index (χ2v) is 7.49. The van der Waals surface area contributed by atoms with Crippen molar-refractivity contribution < 1.29 is 13.9 Å². The Morgan fingerprint density at radius 1 is 1.09 bits per heavy atom. The number of carbonyl (C=O) groups excluding carboxylic acids is 1. The number of nitrogens with zero attached hydrogens (tertiary/aromatic N) is 4. The van der Waals surface area contributed by atoms with Gasteiger partial charge < -0.3 is 19.0 Å². The Balaban J connectivity index is 1.46. The van der Waals surface area contributed by atoms with Crippen molar-refractivity contribution in [2.24, 2.45) is 0 Å². The van der Waals surface area contributed by atoms with Crippen molar-refractivity contribution in [3.8, 4) is 11.8 Å². The summed E-state index contributed by atoms with van der Waals surface area (Å²) in [6.07, 6.45) is 3.56. The number of benzene rings is 2. The van der Waals surface area contributed by atoms with E-state index >= 15 is 0 Å². The van der Waals surface area contributed by atoms with Crippen molar-refractivity contribution in [1.82, 2.24) is 9.88 Å². The lowest BCUT2D eigenvalue weighted by Gasteiger charge is -2.34. The third-order valence-corrected chi connectivity index (χ3v) is 5.51. The molecule has 0 unspecified atom stereocenters. The Morgan fingerprint density at radius 2 is 1.81 bits per heavy atom. The average Bonchev–Trinajstić information content (AvgIpc) is 3.26. The number of piperazine rings is 1. The summed E-state index contributed by atoms with van der Waals surface area (Å²) in [7, 11) is 1.62. The Kier molecular flexibility index (Phi) is 6.22. The second-order valence-electron chi connectivity index (χ2n) is 7.49. The van der Waals surface area contributed by atoms with Crippen molar-refractivity contribution in [3.63, 3.8) is 0 Å². The average molecular weight is 428 g/mol. The van der Waals surface area contributed by atoms with Crippen LogP contribution in [-0.2, 0) is 0 Å². The monoisotopic (exact) mass is 428 g/mol. The fraction of sp³-hybridized carbons (Fsp3) is 0.240. The van der Waals surface area contributed by atoms with Gasteiger partial charge in [-0.3, -0.25) is 4.79 Å². The Bertz CT molecular complexity index is 1180. The molecule has 0 atom stereocenters. The predicted molar refractivity (Wildman–Crippen MR) is 122 cm³/mol. The smallest absolute Gasteiger partial charge is 0.254 e. The fourth-order valence-electron chi connectivity index (χ4n) is 3.75. The van der Waals surface area contributed by atoms with Crippen molar-refractivity contribution in [2.75, 3.05) is 38.2 Å². The normalized spacial score (nSPS) is 13.9. The summed E-state index contributed by atoms with van der Waals surface area (Å²) in [6, 6.07) is 17.3. The number of aromatic nitrogens is 1. The molecule has 32 heavy (non-hydrogen) atoms. The van der Waals surface area contributed by atoms with Crippen LogP contribution in [0.25, 0.3) is 12.2 Å². The van der Waals surface area contributed by atoms with E-state index in [1.807, 2.05) is 71.3 Å². The number of carbonyl (C=O) groups is 1. The van der Waals surface area contributed by atoms with E-state index in [0.29, 0.717) is 38.0 Å². The molecular weight excluding hydrogens is 404 g/mol. The van der Waals surface area contributed by atoms with E-state index in [9.17, 15) is 10.1 Å². The van der Waals surface area contributed by atoms with E-state index in [2.05, 4.69) is 11.1 Å². The van der Waals surface area contributed by atoms with Gasteiger partial charge in [-0.1, -0.05) is 36.4 Å². The van der Waals surface area contributed by atoms with Gasteiger partial charge in [-0.15, -0.1) is 0 Å². The largest absolute Gasteiger partial charge is 0.496 e. The maximum atomic E-state index is 12.9. The number of oxazole rings is 1. The van der Waals surface area contributed by atoms with E-state index < -0.39 is 0 Å².